The summed E-state index contributed by atoms with van der Waals surface area (Å²) in [5.74, 6) is 1.65. The van der Waals surface area contributed by atoms with Crippen LogP contribution in [-0.4, -0.2) is 56.9 Å². The van der Waals surface area contributed by atoms with E-state index >= 15 is 0 Å². The van der Waals surface area contributed by atoms with E-state index in [-0.39, 0.29) is 41.3 Å². The maximum Gasteiger partial charge on any atom is 0.193 e. The van der Waals surface area contributed by atoms with Gasteiger partial charge >= 0.3 is 0 Å². The Morgan fingerprint density at radius 2 is 1.84 bits per heavy atom. The molecule has 0 radical (unpaired) electrons. The molecule has 5 nitrogen and oxygen atoms in total. The van der Waals surface area contributed by atoms with E-state index in [1.807, 2.05) is 43.4 Å². The number of likely N-dealkylation sites (tertiary alicyclic amines) is 1. The molecule has 32 heavy (non-hydrogen) atoms. The molecule has 4 rings (SSSR count). The molecule has 2 aliphatic rings. The third kappa shape index (κ3) is 6.13. The van der Waals surface area contributed by atoms with Crippen LogP contribution in [0.4, 0.5) is 4.39 Å². The molecule has 0 unspecified atom stereocenters. The quantitative estimate of drug-likeness (QED) is 0.334. The fourth-order valence-electron chi connectivity index (χ4n) is 4.61. The van der Waals surface area contributed by atoms with Crippen molar-refractivity contribution in [3.05, 3.63) is 66.0 Å². The number of nitrogens with zero attached hydrogens (tertiary/aromatic N) is 2. The number of para-hydroxylation sites is 1. The highest BCUT2D eigenvalue weighted by Crippen LogP contribution is 2.34. The zero-order valence-electron chi connectivity index (χ0n) is 18.6. The monoisotopic (exact) mass is 553 g/mol. The van der Waals surface area contributed by atoms with Crippen molar-refractivity contribution < 1.29 is 13.9 Å². The Kier molecular flexibility index (Phi) is 9.16. The van der Waals surface area contributed by atoms with Gasteiger partial charge in [-0.3, -0.25) is 4.99 Å². The number of rotatable bonds is 5. The summed E-state index contributed by atoms with van der Waals surface area (Å²) in [6.07, 6.45) is 3.88. The molecule has 2 saturated heterocycles. The minimum atomic E-state index is -0.187. The Hall–Kier alpha value is -1.87. The van der Waals surface area contributed by atoms with Crippen LogP contribution in [0.2, 0.25) is 0 Å². The molecule has 7 heteroatoms. The second-order valence-electron chi connectivity index (χ2n) is 8.42. The van der Waals surface area contributed by atoms with Crippen molar-refractivity contribution in [1.82, 2.24) is 10.2 Å². The number of hydrogen-bond donors (Lipinski definition) is 1. The summed E-state index contributed by atoms with van der Waals surface area (Å²) >= 11 is 0. The first-order valence-electron chi connectivity index (χ1n) is 11.2. The molecule has 174 valence electrons. The number of benzene rings is 2. The van der Waals surface area contributed by atoms with Gasteiger partial charge in [0.05, 0.1) is 0 Å². The summed E-state index contributed by atoms with van der Waals surface area (Å²) in [6, 6.07) is 17.0. The zero-order chi connectivity index (χ0) is 21.5. The molecule has 0 aliphatic carbocycles. The predicted molar refractivity (Wildman–Crippen MR) is 137 cm³/mol. The fourth-order valence-corrected chi connectivity index (χ4v) is 4.61. The topological polar surface area (TPSA) is 46.1 Å². The SMILES string of the molecule is CN=C(NCC1(c2cccc(F)c2)CCOCC1)N1CCC(Oc2ccccc2)CC1.I. The van der Waals surface area contributed by atoms with Crippen molar-refractivity contribution >= 4 is 29.9 Å². The summed E-state index contributed by atoms with van der Waals surface area (Å²) in [6.45, 7) is 3.89. The number of halogens is 2. The standard InChI is InChI=1S/C25H32FN3O2.HI/c1-27-24(29-14-10-23(11-15-29)31-22-8-3-2-4-9-22)28-19-25(12-16-30-17-13-25)20-6-5-7-21(26)18-20;/h2-9,18,23H,10-17,19H2,1H3,(H,27,28);1H. The summed E-state index contributed by atoms with van der Waals surface area (Å²) in [5.41, 5.74) is 0.888. The van der Waals surface area contributed by atoms with E-state index in [9.17, 15) is 4.39 Å². The molecule has 0 atom stereocenters. The van der Waals surface area contributed by atoms with E-state index < -0.39 is 0 Å². The van der Waals surface area contributed by atoms with Crippen LogP contribution in [0, 0.1) is 5.82 Å². The normalized spacial score (nSPS) is 19.2. The Morgan fingerprint density at radius 1 is 1.12 bits per heavy atom. The highest BCUT2D eigenvalue weighted by atomic mass is 127. The first-order valence-corrected chi connectivity index (χ1v) is 11.2. The van der Waals surface area contributed by atoms with Crippen molar-refractivity contribution in [2.24, 2.45) is 4.99 Å². The van der Waals surface area contributed by atoms with Gasteiger partial charge in [-0.2, -0.15) is 0 Å². The van der Waals surface area contributed by atoms with Crippen LogP contribution in [-0.2, 0) is 10.2 Å². The predicted octanol–water partition coefficient (Wildman–Crippen LogP) is 4.61. The summed E-state index contributed by atoms with van der Waals surface area (Å²) < 4.78 is 25.7. The molecule has 0 amide bonds. The van der Waals surface area contributed by atoms with E-state index in [4.69, 9.17) is 9.47 Å². The maximum atomic E-state index is 13.9. The minimum Gasteiger partial charge on any atom is -0.490 e. The van der Waals surface area contributed by atoms with Crippen LogP contribution >= 0.6 is 24.0 Å². The highest BCUT2D eigenvalue weighted by Gasteiger charge is 2.35. The van der Waals surface area contributed by atoms with E-state index in [1.54, 1.807) is 12.1 Å². The van der Waals surface area contributed by atoms with E-state index in [0.29, 0.717) is 19.8 Å². The smallest absolute Gasteiger partial charge is 0.193 e. The fraction of sp³-hybridized carbons (Fsp3) is 0.480. The largest absolute Gasteiger partial charge is 0.490 e. The van der Waals surface area contributed by atoms with Crippen molar-refractivity contribution in [1.29, 1.82) is 0 Å². The molecule has 0 saturated carbocycles. The van der Waals surface area contributed by atoms with Crippen LogP contribution in [0.5, 0.6) is 5.75 Å². The van der Waals surface area contributed by atoms with Crippen molar-refractivity contribution in [2.75, 3.05) is 39.9 Å². The second-order valence-corrected chi connectivity index (χ2v) is 8.42. The molecule has 2 fully saturated rings. The lowest BCUT2D eigenvalue weighted by Crippen LogP contribution is -2.51. The van der Waals surface area contributed by atoms with Crippen LogP contribution in [0.1, 0.15) is 31.2 Å². The van der Waals surface area contributed by atoms with Gasteiger partial charge in [-0.05, 0) is 42.7 Å². The molecule has 2 heterocycles. The number of nitrogens with one attached hydrogen (secondary N) is 1. The summed E-state index contributed by atoms with van der Waals surface area (Å²) in [7, 11) is 1.83. The molecular formula is C25H33FIN3O2. The van der Waals surface area contributed by atoms with Gasteiger partial charge in [0.15, 0.2) is 5.96 Å². The minimum absolute atomic E-state index is 0. The van der Waals surface area contributed by atoms with Gasteiger partial charge in [0.1, 0.15) is 17.7 Å². The Bertz CT molecular complexity index is 867. The Morgan fingerprint density at radius 3 is 2.50 bits per heavy atom. The van der Waals surface area contributed by atoms with Gasteiger partial charge in [-0.25, -0.2) is 4.39 Å². The van der Waals surface area contributed by atoms with Crippen LogP contribution in [0.3, 0.4) is 0 Å². The first-order chi connectivity index (χ1) is 15.2. The number of aliphatic imine (C=N–C) groups is 1. The summed E-state index contributed by atoms with van der Waals surface area (Å²) in [4.78, 5) is 6.83. The van der Waals surface area contributed by atoms with Gasteiger partial charge in [0.2, 0.25) is 0 Å². The summed E-state index contributed by atoms with van der Waals surface area (Å²) in [5, 5.41) is 3.59. The molecule has 2 aromatic carbocycles. The van der Waals surface area contributed by atoms with Gasteiger partial charge < -0.3 is 19.7 Å². The maximum absolute atomic E-state index is 13.9. The lowest BCUT2D eigenvalue weighted by Gasteiger charge is -2.40. The lowest BCUT2D eigenvalue weighted by molar-refractivity contribution is 0.0508. The van der Waals surface area contributed by atoms with Crippen molar-refractivity contribution in [3.8, 4) is 5.75 Å². The molecule has 0 bridgehead atoms. The Labute approximate surface area is 207 Å². The van der Waals surface area contributed by atoms with Crippen LogP contribution < -0.4 is 10.1 Å². The van der Waals surface area contributed by atoms with E-state index in [1.165, 1.54) is 6.07 Å². The second kappa shape index (κ2) is 11.8. The van der Waals surface area contributed by atoms with E-state index in [0.717, 1.165) is 56.0 Å². The Balaban J connectivity index is 0.00000289. The molecular weight excluding hydrogens is 520 g/mol. The average Bonchev–Trinajstić information content (AvgIpc) is 2.82. The first kappa shape index (κ1) is 24.8. The van der Waals surface area contributed by atoms with Gasteiger partial charge in [-0.1, -0.05) is 30.3 Å². The van der Waals surface area contributed by atoms with Crippen molar-refractivity contribution in [2.45, 2.75) is 37.2 Å². The van der Waals surface area contributed by atoms with Gasteiger partial charge in [0.25, 0.3) is 0 Å². The average molecular weight is 553 g/mol. The molecule has 2 aliphatic heterocycles. The molecule has 1 N–H and O–H groups in total. The molecule has 0 spiro atoms. The molecule has 2 aromatic rings. The van der Waals surface area contributed by atoms with Gasteiger partial charge in [-0.15, -0.1) is 24.0 Å². The highest BCUT2D eigenvalue weighted by molar-refractivity contribution is 14.0. The van der Waals surface area contributed by atoms with Crippen LogP contribution in [0.25, 0.3) is 0 Å². The third-order valence-electron chi connectivity index (χ3n) is 6.47. The van der Waals surface area contributed by atoms with Gasteiger partial charge in [0, 0.05) is 58.2 Å². The molecule has 0 aromatic heterocycles. The van der Waals surface area contributed by atoms with Crippen LogP contribution in [0.15, 0.2) is 59.6 Å². The number of piperidine rings is 1. The number of guanidine groups is 1. The number of hydrogen-bond acceptors (Lipinski definition) is 3. The van der Waals surface area contributed by atoms with E-state index in [2.05, 4.69) is 15.2 Å². The third-order valence-corrected chi connectivity index (χ3v) is 6.47. The van der Waals surface area contributed by atoms with Crippen molar-refractivity contribution in [3.63, 3.8) is 0 Å². The lowest BCUT2D eigenvalue weighted by atomic mass is 9.74. The zero-order valence-corrected chi connectivity index (χ0v) is 21.0. The number of ether oxygens (including phenoxy) is 2.